The van der Waals surface area contributed by atoms with Gasteiger partial charge in [-0.05, 0) is 36.4 Å². The second kappa shape index (κ2) is 8.24. The van der Waals surface area contributed by atoms with Crippen molar-refractivity contribution in [2.45, 2.75) is 20.6 Å². The number of aryl methyl sites for hydroxylation is 2. The molecule has 0 saturated heterocycles. The molecular formula is C23H19BrF2N4O4. The summed E-state index contributed by atoms with van der Waals surface area (Å²) in [6.07, 6.45) is -3.72. The number of hydrogen-bond donors (Lipinski definition) is 1. The first kappa shape index (κ1) is 23.4. The van der Waals surface area contributed by atoms with E-state index < -0.39 is 12.2 Å². The van der Waals surface area contributed by atoms with Crippen molar-refractivity contribution in [3.63, 3.8) is 0 Å². The van der Waals surface area contributed by atoms with E-state index in [9.17, 15) is 13.6 Å². The fraction of sp³-hybridized carbons (Fsp3) is 0.174. The topological polar surface area (TPSA) is 105 Å². The molecule has 176 valence electrons. The van der Waals surface area contributed by atoms with E-state index in [-0.39, 0.29) is 24.6 Å². The van der Waals surface area contributed by atoms with Crippen LogP contribution in [0.25, 0.3) is 33.8 Å². The van der Waals surface area contributed by atoms with Gasteiger partial charge in [0.15, 0.2) is 28.8 Å². The molecule has 1 aliphatic rings. The van der Waals surface area contributed by atoms with Gasteiger partial charge in [0.05, 0.1) is 5.69 Å². The molecule has 1 aliphatic heterocycles. The molecule has 0 aliphatic carbocycles. The number of hydrogen-bond acceptors (Lipinski definition) is 6. The molecule has 4 aromatic rings. The Balaban J connectivity index is 0.00000274. The Morgan fingerprint density at radius 3 is 2.53 bits per heavy atom. The maximum Gasteiger partial charge on any atom is 0.586 e. The lowest BCUT2D eigenvalue weighted by atomic mass is 9.98. The van der Waals surface area contributed by atoms with Gasteiger partial charge in [-0.25, -0.2) is 4.98 Å². The first-order valence-corrected chi connectivity index (χ1v) is 10.4. The minimum absolute atomic E-state index is 0. The molecule has 34 heavy (non-hydrogen) atoms. The molecule has 0 unspecified atom stereocenters. The molecule has 1 amide bonds. The number of alkyl halides is 2. The fourth-order valence-corrected chi connectivity index (χ4v) is 4.03. The molecule has 0 saturated carbocycles. The second-order valence-corrected chi connectivity index (χ2v) is 8.25. The van der Waals surface area contributed by atoms with E-state index in [1.807, 2.05) is 18.2 Å². The zero-order valence-corrected chi connectivity index (χ0v) is 18.8. The molecule has 0 radical (unpaired) electrons. The Labute approximate surface area is 201 Å². The number of oxazole rings is 1. The number of nitrogens with zero attached hydrogens (tertiary/aromatic N) is 3. The molecule has 5 rings (SSSR count). The maximum atomic E-state index is 13.5. The summed E-state index contributed by atoms with van der Waals surface area (Å²) in [6, 6.07) is 11.5. The minimum atomic E-state index is -3.72. The summed E-state index contributed by atoms with van der Waals surface area (Å²) in [7, 11) is 1.69. The van der Waals surface area contributed by atoms with Crippen molar-refractivity contribution in [3.8, 4) is 45.3 Å². The molecule has 8 nitrogen and oxygen atoms in total. The van der Waals surface area contributed by atoms with Gasteiger partial charge in [-0.15, -0.1) is 8.78 Å². The summed E-state index contributed by atoms with van der Waals surface area (Å²) in [6.45, 7) is 1.68. The van der Waals surface area contributed by atoms with E-state index >= 15 is 0 Å². The number of primary amides is 1. The fourth-order valence-electron chi connectivity index (χ4n) is 3.67. The molecule has 0 spiro atoms. The smallest absolute Gasteiger partial charge is 0.440 e. The van der Waals surface area contributed by atoms with Gasteiger partial charge < -0.3 is 19.6 Å². The third kappa shape index (κ3) is 4.03. The van der Waals surface area contributed by atoms with E-state index in [1.54, 1.807) is 30.8 Å². The number of rotatable bonds is 4. The zero-order chi connectivity index (χ0) is 23.5. The van der Waals surface area contributed by atoms with Crippen LogP contribution in [0.3, 0.4) is 0 Å². The third-order valence-electron chi connectivity index (χ3n) is 5.04. The van der Waals surface area contributed by atoms with Gasteiger partial charge in [0.2, 0.25) is 0 Å². The molecule has 0 fully saturated rings. The monoisotopic (exact) mass is 532 g/mol. The molecule has 2 aromatic heterocycles. The first-order valence-electron chi connectivity index (χ1n) is 9.63. The standard InChI is InChI=1S/C22H15BrF2N4O4.CH4/c1-10-27-19(11-3-6-17-18(7-11)33-22(24,25)32-17)20(31-10)14-8-12(23)4-5-13(14)16-9-15(21(26)30)28-29(16)2;/h3-9H,1-2H3,(H2,26,30);1H4. The second-order valence-electron chi connectivity index (χ2n) is 7.33. The molecule has 0 atom stereocenters. The van der Waals surface area contributed by atoms with Crippen LogP contribution in [0, 0.1) is 6.92 Å². The summed E-state index contributed by atoms with van der Waals surface area (Å²) >= 11 is 3.48. The summed E-state index contributed by atoms with van der Waals surface area (Å²) in [5.74, 6) is -0.0456. The molecule has 2 aromatic carbocycles. The largest absolute Gasteiger partial charge is 0.586 e. The number of amides is 1. The van der Waals surface area contributed by atoms with Gasteiger partial charge in [0.25, 0.3) is 5.91 Å². The molecule has 3 heterocycles. The van der Waals surface area contributed by atoms with Crippen LogP contribution in [0.1, 0.15) is 23.8 Å². The van der Waals surface area contributed by atoms with Crippen molar-refractivity contribution in [1.29, 1.82) is 0 Å². The average Bonchev–Trinajstić information content (AvgIpc) is 3.40. The van der Waals surface area contributed by atoms with Crippen molar-refractivity contribution < 1.29 is 27.5 Å². The van der Waals surface area contributed by atoms with Crippen molar-refractivity contribution in [2.75, 3.05) is 0 Å². The van der Waals surface area contributed by atoms with E-state index in [0.717, 1.165) is 4.47 Å². The lowest BCUT2D eigenvalue weighted by molar-refractivity contribution is -0.286. The van der Waals surface area contributed by atoms with Gasteiger partial charge in [-0.1, -0.05) is 29.4 Å². The highest BCUT2D eigenvalue weighted by Crippen LogP contribution is 2.45. The SMILES string of the molecule is C.Cc1nc(-c2ccc3c(c2)OC(F)(F)O3)c(-c2cc(Br)ccc2-c2cc(C(N)=O)nn2C)o1. The van der Waals surface area contributed by atoms with Crippen LogP contribution in [-0.2, 0) is 7.05 Å². The van der Waals surface area contributed by atoms with Gasteiger partial charge in [0, 0.05) is 35.1 Å². The number of aromatic nitrogens is 3. The van der Waals surface area contributed by atoms with E-state index in [1.165, 1.54) is 12.1 Å². The van der Waals surface area contributed by atoms with Crippen LogP contribution in [-0.4, -0.2) is 27.0 Å². The maximum absolute atomic E-state index is 13.5. The predicted octanol–water partition coefficient (Wildman–Crippen LogP) is 5.54. The number of fused-ring (bicyclic) bond motifs is 1. The van der Waals surface area contributed by atoms with Gasteiger partial charge in [0.1, 0.15) is 5.69 Å². The van der Waals surface area contributed by atoms with Crippen molar-refractivity contribution in [1.82, 2.24) is 14.8 Å². The third-order valence-corrected chi connectivity index (χ3v) is 5.54. The lowest BCUT2D eigenvalue weighted by Gasteiger charge is -2.10. The average molecular weight is 533 g/mol. The van der Waals surface area contributed by atoms with Gasteiger partial charge in [-0.2, -0.15) is 5.10 Å². The van der Waals surface area contributed by atoms with Crippen LogP contribution in [0.5, 0.6) is 11.5 Å². The van der Waals surface area contributed by atoms with Gasteiger partial charge in [-0.3, -0.25) is 9.48 Å². The van der Waals surface area contributed by atoms with Crippen LogP contribution in [0.2, 0.25) is 0 Å². The highest BCUT2D eigenvalue weighted by Gasteiger charge is 2.43. The van der Waals surface area contributed by atoms with Gasteiger partial charge >= 0.3 is 6.29 Å². The van der Waals surface area contributed by atoms with Crippen LogP contribution < -0.4 is 15.2 Å². The van der Waals surface area contributed by atoms with E-state index in [4.69, 9.17) is 10.2 Å². The molecule has 11 heteroatoms. The Bertz CT molecular complexity index is 1430. The van der Waals surface area contributed by atoms with E-state index in [0.29, 0.717) is 39.7 Å². The van der Waals surface area contributed by atoms with Crippen LogP contribution in [0.4, 0.5) is 8.78 Å². The molecule has 0 bridgehead atoms. The number of halogens is 3. The normalized spacial score (nSPS) is 13.6. The van der Waals surface area contributed by atoms with Crippen molar-refractivity contribution in [2.24, 2.45) is 12.8 Å². The molecule has 2 N–H and O–H groups in total. The Morgan fingerprint density at radius 2 is 1.82 bits per heavy atom. The van der Waals surface area contributed by atoms with Crippen LogP contribution in [0.15, 0.2) is 51.4 Å². The number of carbonyl (C=O) groups is 1. The lowest BCUT2D eigenvalue weighted by Crippen LogP contribution is -2.25. The van der Waals surface area contributed by atoms with Crippen LogP contribution >= 0.6 is 15.9 Å². The van der Waals surface area contributed by atoms with E-state index in [2.05, 4.69) is 35.5 Å². The number of ether oxygens (including phenoxy) is 2. The number of nitrogens with two attached hydrogens (primary N) is 1. The number of benzene rings is 2. The highest BCUT2D eigenvalue weighted by atomic mass is 79.9. The Morgan fingerprint density at radius 1 is 1.09 bits per heavy atom. The van der Waals surface area contributed by atoms with Crippen molar-refractivity contribution in [3.05, 3.63) is 58.5 Å². The summed E-state index contributed by atoms with van der Waals surface area (Å²) in [4.78, 5) is 16.1. The summed E-state index contributed by atoms with van der Waals surface area (Å²) in [5, 5.41) is 4.17. The van der Waals surface area contributed by atoms with Crippen molar-refractivity contribution >= 4 is 21.8 Å². The molecular weight excluding hydrogens is 514 g/mol. The quantitative estimate of drug-likeness (QED) is 0.370. The summed E-state index contributed by atoms with van der Waals surface area (Å²) in [5.41, 5.74) is 8.39. The Kier molecular flexibility index (Phi) is 5.68. The summed E-state index contributed by atoms with van der Waals surface area (Å²) < 4.78 is 44.3. The first-order chi connectivity index (χ1) is 15.6. The minimum Gasteiger partial charge on any atom is -0.440 e. The number of carbonyl (C=O) groups excluding carboxylic acids is 1. The Hall–Kier alpha value is -3.73. The highest BCUT2D eigenvalue weighted by molar-refractivity contribution is 9.10. The zero-order valence-electron chi connectivity index (χ0n) is 17.2. The predicted molar refractivity (Wildman–Crippen MR) is 123 cm³/mol.